The van der Waals surface area contributed by atoms with E-state index in [0.717, 1.165) is 12.8 Å². The molecule has 1 fully saturated rings. The molecule has 2 unspecified atom stereocenters. The molecule has 1 aromatic heterocycles. The Labute approximate surface area is 121 Å². The van der Waals surface area contributed by atoms with Crippen molar-refractivity contribution in [3.8, 4) is 0 Å². The molecule has 4 heteroatoms. The Morgan fingerprint density at radius 1 is 1.40 bits per heavy atom. The van der Waals surface area contributed by atoms with E-state index in [4.69, 9.17) is 5.84 Å². The highest BCUT2D eigenvalue weighted by Gasteiger charge is 2.48. The average molecular weight is 274 g/mol. The third-order valence-electron chi connectivity index (χ3n) is 5.52. The lowest BCUT2D eigenvalue weighted by Crippen LogP contribution is -2.61. The molecule has 2 atom stereocenters. The van der Waals surface area contributed by atoms with Crippen molar-refractivity contribution in [2.75, 3.05) is 14.1 Å². The van der Waals surface area contributed by atoms with Crippen LogP contribution in [0.4, 0.5) is 0 Å². The van der Waals surface area contributed by atoms with E-state index in [-0.39, 0.29) is 11.6 Å². The normalized spacial score (nSPS) is 25.9. The van der Waals surface area contributed by atoms with E-state index < -0.39 is 0 Å². The van der Waals surface area contributed by atoms with Crippen LogP contribution in [0, 0.1) is 0 Å². The molecule has 0 aromatic carbocycles. The summed E-state index contributed by atoms with van der Waals surface area (Å²) in [5, 5.41) is 0. The van der Waals surface area contributed by atoms with Gasteiger partial charge in [-0.25, -0.2) is 0 Å². The van der Waals surface area contributed by atoms with Gasteiger partial charge in [-0.05, 0) is 51.4 Å². The Bertz CT molecular complexity index is 465. The van der Waals surface area contributed by atoms with Crippen LogP contribution in [0.1, 0.15) is 49.3 Å². The first-order valence-corrected chi connectivity index (χ1v) is 7.76. The van der Waals surface area contributed by atoms with Crippen LogP contribution in [-0.4, -0.2) is 35.6 Å². The van der Waals surface area contributed by atoms with E-state index in [1.807, 2.05) is 12.3 Å². The molecule has 0 saturated heterocycles. The number of aryl methyl sites for hydroxylation is 1. The first kappa shape index (κ1) is 14.0. The van der Waals surface area contributed by atoms with Gasteiger partial charge in [0.25, 0.3) is 0 Å². The Morgan fingerprint density at radius 2 is 2.15 bits per heavy atom. The van der Waals surface area contributed by atoms with E-state index in [9.17, 15) is 0 Å². The average Bonchev–Trinajstić information content (AvgIpc) is 3.08. The SMILES string of the molecule is CN(C)C1(C(NN)C2CCc3cccnc32)CCCC1. The van der Waals surface area contributed by atoms with Crippen molar-refractivity contribution >= 4 is 0 Å². The molecule has 0 spiro atoms. The van der Waals surface area contributed by atoms with Crippen LogP contribution in [0.3, 0.4) is 0 Å². The zero-order valence-corrected chi connectivity index (χ0v) is 12.6. The second-order valence-electron chi connectivity index (χ2n) is 6.54. The van der Waals surface area contributed by atoms with E-state index in [1.165, 1.54) is 36.9 Å². The number of nitrogens with two attached hydrogens (primary N) is 1. The van der Waals surface area contributed by atoms with Gasteiger partial charge in [-0.2, -0.15) is 0 Å². The molecule has 3 N–H and O–H groups in total. The predicted octanol–water partition coefficient (Wildman–Crippen LogP) is 1.82. The predicted molar refractivity (Wildman–Crippen MR) is 81.3 cm³/mol. The van der Waals surface area contributed by atoms with Gasteiger partial charge in [0.05, 0.1) is 0 Å². The minimum atomic E-state index is 0.179. The minimum absolute atomic E-state index is 0.179. The summed E-state index contributed by atoms with van der Waals surface area (Å²) in [7, 11) is 4.40. The number of fused-ring (bicyclic) bond motifs is 1. The summed E-state index contributed by atoms with van der Waals surface area (Å²) in [6, 6.07) is 4.55. The van der Waals surface area contributed by atoms with E-state index in [2.05, 4.69) is 35.5 Å². The van der Waals surface area contributed by atoms with Crippen molar-refractivity contribution < 1.29 is 0 Å². The van der Waals surface area contributed by atoms with Crippen LogP contribution in [-0.2, 0) is 6.42 Å². The quantitative estimate of drug-likeness (QED) is 0.649. The van der Waals surface area contributed by atoms with Gasteiger partial charge in [0.15, 0.2) is 0 Å². The van der Waals surface area contributed by atoms with E-state index in [0.29, 0.717) is 5.92 Å². The number of nitrogens with zero attached hydrogens (tertiary/aromatic N) is 2. The van der Waals surface area contributed by atoms with Gasteiger partial charge in [0.2, 0.25) is 0 Å². The van der Waals surface area contributed by atoms with Crippen molar-refractivity contribution in [2.45, 2.75) is 56.0 Å². The van der Waals surface area contributed by atoms with Gasteiger partial charge < -0.3 is 4.90 Å². The van der Waals surface area contributed by atoms with Crippen molar-refractivity contribution in [3.63, 3.8) is 0 Å². The number of rotatable bonds is 4. The fraction of sp³-hybridized carbons (Fsp3) is 0.688. The lowest BCUT2D eigenvalue weighted by atomic mass is 9.78. The Morgan fingerprint density at radius 3 is 2.80 bits per heavy atom. The van der Waals surface area contributed by atoms with Crippen LogP contribution in [0.15, 0.2) is 18.3 Å². The maximum atomic E-state index is 6.01. The number of likely N-dealkylation sites (N-methyl/N-ethyl adjacent to an activating group) is 1. The molecule has 0 bridgehead atoms. The molecule has 1 saturated carbocycles. The van der Waals surface area contributed by atoms with E-state index >= 15 is 0 Å². The summed E-state index contributed by atoms with van der Waals surface area (Å²) in [5.74, 6) is 6.45. The third kappa shape index (κ3) is 2.07. The lowest BCUT2D eigenvalue weighted by Gasteiger charge is -2.45. The molecule has 0 radical (unpaired) electrons. The largest absolute Gasteiger partial charge is 0.302 e. The van der Waals surface area contributed by atoms with Crippen LogP contribution >= 0.6 is 0 Å². The van der Waals surface area contributed by atoms with Crippen molar-refractivity contribution in [2.24, 2.45) is 5.84 Å². The molecular weight excluding hydrogens is 248 g/mol. The van der Waals surface area contributed by atoms with Crippen LogP contribution in [0.2, 0.25) is 0 Å². The number of aromatic nitrogens is 1. The van der Waals surface area contributed by atoms with Crippen LogP contribution in [0.5, 0.6) is 0 Å². The topological polar surface area (TPSA) is 54.2 Å². The molecule has 0 aliphatic heterocycles. The fourth-order valence-electron chi connectivity index (χ4n) is 4.44. The van der Waals surface area contributed by atoms with Gasteiger partial charge in [-0.15, -0.1) is 0 Å². The maximum Gasteiger partial charge on any atom is 0.0483 e. The molecule has 3 rings (SSSR count). The molecule has 0 amide bonds. The van der Waals surface area contributed by atoms with Gasteiger partial charge >= 0.3 is 0 Å². The third-order valence-corrected chi connectivity index (χ3v) is 5.52. The molecule has 2 aliphatic carbocycles. The van der Waals surface area contributed by atoms with Gasteiger partial charge in [0, 0.05) is 29.4 Å². The van der Waals surface area contributed by atoms with E-state index in [1.54, 1.807) is 0 Å². The number of pyridine rings is 1. The summed E-state index contributed by atoms with van der Waals surface area (Å²) in [4.78, 5) is 7.05. The Balaban J connectivity index is 1.95. The Hall–Kier alpha value is -0.970. The van der Waals surface area contributed by atoms with Crippen molar-refractivity contribution in [1.82, 2.24) is 15.3 Å². The highest BCUT2D eigenvalue weighted by Crippen LogP contribution is 2.45. The molecule has 1 aromatic rings. The number of hydrazine groups is 1. The number of hydrogen-bond donors (Lipinski definition) is 2. The van der Waals surface area contributed by atoms with Crippen LogP contribution in [0.25, 0.3) is 0 Å². The lowest BCUT2D eigenvalue weighted by molar-refractivity contribution is 0.0895. The van der Waals surface area contributed by atoms with Gasteiger partial charge in [-0.3, -0.25) is 16.3 Å². The highest BCUT2D eigenvalue weighted by molar-refractivity contribution is 5.31. The summed E-state index contributed by atoms with van der Waals surface area (Å²) in [6.45, 7) is 0. The number of nitrogens with one attached hydrogen (secondary N) is 1. The standard InChI is InChI=1S/C16H26N4/c1-20(2)16(9-3-4-10-16)15(19-17)13-8-7-12-6-5-11-18-14(12)13/h5-6,11,13,15,19H,3-4,7-10,17H2,1-2H3. The Kier molecular flexibility index (Phi) is 3.80. The highest BCUT2D eigenvalue weighted by atomic mass is 15.3. The molecule has 1 heterocycles. The summed E-state index contributed by atoms with van der Waals surface area (Å²) < 4.78 is 0. The summed E-state index contributed by atoms with van der Waals surface area (Å²) in [6.07, 6.45) is 9.28. The second kappa shape index (κ2) is 5.43. The summed E-state index contributed by atoms with van der Waals surface area (Å²) >= 11 is 0. The molecule has 4 nitrogen and oxygen atoms in total. The molecule has 110 valence electrons. The number of hydrogen-bond acceptors (Lipinski definition) is 4. The van der Waals surface area contributed by atoms with Crippen LogP contribution < -0.4 is 11.3 Å². The minimum Gasteiger partial charge on any atom is -0.302 e. The van der Waals surface area contributed by atoms with Gasteiger partial charge in [0.1, 0.15) is 0 Å². The second-order valence-corrected chi connectivity index (χ2v) is 6.54. The first-order valence-electron chi connectivity index (χ1n) is 7.76. The zero-order chi connectivity index (χ0) is 14.2. The monoisotopic (exact) mass is 274 g/mol. The smallest absolute Gasteiger partial charge is 0.0483 e. The molecule has 20 heavy (non-hydrogen) atoms. The zero-order valence-electron chi connectivity index (χ0n) is 12.6. The van der Waals surface area contributed by atoms with Gasteiger partial charge in [-0.1, -0.05) is 18.9 Å². The molecular formula is C16H26N4. The molecule has 2 aliphatic rings. The summed E-state index contributed by atoms with van der Waals surface area (Å²) in [5.41, 5.74) is 6.02. The fourth-order valence-corrected chi connectivity index (χ4v) is 4.44. The maximum absolute atomic E-state index is 6.01. The van der Waals surface area contributed by atoms with Crippen molar-refractivity contribution in [3.05, 3.63) is 29.6 Å². The first-order chi connectivity index (χ1) is 9.69. The van der Waals surface area contributed by atoms with Crippen molar-refractivity contribution in [1.29, 1.82) is 0 Å².